The Kier molecular flexibility index (Phi) is 7.58. The number of halogens is 1. The number of amides is 2. The lowest BCUT2D eigenvalue weighted by molar-refractivity contribution is -0.143. The van der Waals surface area contributed by atoms with E-state index in [0.29, 0.717) is 32.2 Å². The minimum Gasteiger partial charge on any atom is -0.496 e. The summed E-state index contributed by atoms with van der Waals surface area (Å²) in [7, 11) is 1.38. The van der Waals surface area contributed by atoms with Gasteiger partial charge in [0.1, 0.15) is 5.75 Å². The Bertz CT molecular complexity index is 1040. The van der Waals surface area contributed by atoms with Crippen LogP contribution in [-0.2, 0) is 9.59 Å². The summed E-state index contributed by atoms with van der Waals surface area (Å²) in [6.45, 7) is 0.679. The number of hydrogen-bond acceptors (Lipinski definition) is 5. The zero-order valence-electron chi connectivity index (χ0n) is 21.3. The molecule has 3 N–H and O–H groups in total. The van der Waals surface area contributed by atoms with Crippen molar-refractivity contribution in [2.75, 3.05) is 13.7 Å². The average molecular weight is 517 g/mol. The van der Waals surface area contributed by atoms with Crippen LogP contribution in [-0.4, -0.2) is 48.7 Å². The number of rotatable bonds is 10. The summed E-state index contributed by atoms with van der Waals surface area (Å²) in [4.78, 5) is 37.7. The van der Waals surface area contributed by atoms with Gasteiger partial charge in [0.25, 0.3) is 5.91 Å². The number of carboxylic acid groups (broad SMARTS) is 1. The number of benzene rings is 1. The first-order valence-corrected chi connectivity index (χ1v) is 13.7. The lowest BCUT2D eigenvalue weighted by atomic mass is 9.83. The van der Waals surface area contributed by atoms with E-state index in [1.54, 1.807) is 0 Å². The molecule has 1 aromatic carbocycles. The Balaban J connectivity index is 1.27. The first-order valence-electron chi connectivity index (χ1n) is 13.7. The van der Waals surface area contributed by atoms with Crippen LogP contribution in [0.2, 0.25) is 0 Å². The highest BCUT2D eigenvalue weighted by Gasteiger charge is 2.51. The molecule has 0 aliphatic heterocycles. The minimum absolute atomic E-state index is 0.0187. The molecule has 4 saturated carbocycles. The van der Waals surface area contributed by atoms with Crippen molar-refractivity contribution < 1.29 is 33.4 Å². The maximum atomic E-state index is 14.8. The van der Waals surface area contributed by atoms with E-state index >= 15 is 0 Å². The highest BCUT2D eigenvalue weighted by atomic mass is 19.1. The van der Waals surface area contributed by atoms with E-state index in [0.717, 1.165) is 37.7 Å². The molecule has 8 nitrogen and oxygen atoms in total. The molecule has 4 fully saturated rings. The number of hydrogen-bond donors (Lipinski definition) is 3. The monoisotopic (exact) mass is 516 g/mol. The summed E-state index contributed by atoms with van der Waals surface area (Å²) in [5, 5.41) is 15.4. The number of fused-ring (bicyclic) bond motifs is 2. The molecule has 202 valence electrons. The maximum absolute atomic E-state index is 14.8. The van der Waals surface area contributed by atoms with Crippen molar-refractivity contribution in [3.05, 3.63) is 23.5 Å². The van der Waals surface area contributed by atoms with Gasteiger partial charge in [-0.1, -0.05) is 12.8 Å². The van der Waals surface area contributed by atoms with Gasteiger partial charge in [-0.15, -0.1) is 0 Å². The SMILES string of the molecule is COc1cc(F)c(OC2CCC(C(=O)O)CC2)cc1C(=O)NC1C2CCC(C2)C1C(=O)NCCC1CC1. The molecule has 0 radical (unpaired) electrons. The van der Waals surface area contributed by atoms with Crippen LogP contribution in [0.1, 0.15) is 74.6 Å². The summed E-state index contributed by atoms with van der Waals surface area (Å²) >= 11 is 0. The molecule has 4 atom stereocenters. The second kappa shape index (κ2) is 10.9. The van der Waals surface area contributed by atoms with Crippen LogP contribution in [0.15, 0.2) is 12.1 Å². The molecular weight excluding hydrogens is 479 g/mol. The smallest absolute Gasteiger partial charge is 0.306 e. The van der Waals surface area contributed by atoms with E-state index in [1.807, 2.05) is 0 Å². The average Bonchev–Trinajstić information content (AvgIpc) is 3.48. The Morgan fingerprint density at radius 3 is 2.41 bits per heavy atom. The molecule has 9 heteroatoms. The van der Waals surface area contributed by atoms with Crippen LogP contribution in [0.5, 0.6) is 11.5 Å². The Hall–Kier alpha value is -2.84. The minimum atomic E-state index is -0.816. The van der Waals surface area contributed by atoms with E-state index in [1.165, 1.54) is 26.0 Å². The number of nitrogens with one attached hydrogen (secondary N) is 2. The third-order valence-electron chi connectivity index (χ3n) is 8.88. The largest absolute Gasteiger partial charge is 0.496 e. The Morgan fingerprint density at radius 1 is 1.00 bits per heavy atom. The quantitative estimate of drug-likeness (QED) is 0.434. The first kappa shape index (κ1) is 25.8. The molecule has 2 bridgehead atoms. The fraction of sp³-hybridized carbons (Fsp3) is 0.679. The van der Waals surface area contributed by atoms with E-state index in [2.05, 4.69) is 10.6 Å². The predicted molar refractivity (Wildman–Crippen MR) is 133 cm³/mol. The highest BCUT2D eigenvalue weighted by molar-refractivity contribution is 5.98. The molecule has 2 amide bonds. The van der Waals surface area contributed by atoms with E-state index in [-0.39, 0.29) is 52.9 Å². The van der Waals surface area contributed by atoms with Crippen LogP contribution >= 0.6 is 0 Å². The molecule has 4 unspecified atom stereocenters. The van der Waals surface area contributed by atoms with E-state index in [4.69, 9.17) is 9.47 Å². The van der Waals surface area contributed by atoms with Crippen molar-refractivity contribution in [1.82, 2.24) is 10.6 Å². The summed E-state index contributed by atoms with van der Waals surface area (Å²) in [5.41, 5.74) is 0.161. The zero-order chi connectivity index (χ0) is 26.1. The molecule has 0 spiro atoms. The molecule has 0 heterocycles. The third kappa shape index (κ3) is 5.70. The zero-order valence-corrected chi connectivity index (χ0v) is 21.3. The van der Waals surface area contributed by atoms with Gasteiger partial charge in [-0.05, 0) is 75.2 Å². The topological polar surface area (TPSA) is 114 Å². The Labute approximate surface area is 216 Å². The molecule has 5 rings (SSSR count). The maximum Gasteiger partial charge on any atom is 0.306 e. The van der Waals surface area contributed by atoms with Crippen molar-refractivity contribution >= 4 is 17.8 Å². The van der Waals surface area contributed by atoms with Gasteiger partial charge in [-0.25, -0.2) is 4.39 Å². The van der Waals surface area contributed by atoms with Gasteiger partial charge in [-0.3, -0.25) is 14.4 Å². The van der Waals surface area contributed by atoms with Gasteiger partial charge in [-0.2, -0.15) is 0 Å². The second-order valence-corrected chi connectivity index (χ2v) is 11.3. The molecule has 4 aliphatic rings. The van der Waals surface area contributed by atoms with Crippen LogP contribution in [0.25, 0.3) is 0 Å². The predicted octanol–water partition coefficient (Wildman–Crippen LogP) is 3.92. The molecule has 4 aliphatic carbocycles. The standard InChI is InChI=1S/C28H37FN2O6/c1-36-22-14-21(29)23(37-19-8-6-16(7-9-19)28(34)35)13-20(22)26(32)31-25-18-5-4-17(12-18)24(25)27(33)30-11-10-15-2-3-15/h13-19,24-25H,2-12H2,1H3,(H,30,33)(H,31,32)(H,34,35). The first-order chi connectivity index (χ1) is 17.8. The summed E-state index contributed by atoms with van der Waals surface area (Å²) in [5.74, 6) is -1.19. The van der Waals surface area contributed by atoms with Gasteiger partial charge in [0.05, 0.1) is 30.6 Å². The molecule has 37 heavy (non-hydrogen) atoms. The van der Waals surface area contributed by atoms with Gasteiger partial charge < -0.3 is 25.2 Å². The fourth-order valence-electron chi connectivity index (χ4n) is 6.61. The number of ether oxygens (including phenoxy) is 2. The van der Waals surface area contributed by atoms with Crippen molar-refractivity contribution in [1.29, 1.82) is 0 Å². The van der Waals surface area contributed by atoms with Gasteiger partial charge in [0, 0.05) is 18.7 Å². The van der Waals surface area contributed by atoms with E-state index in [9.17, 15) is 23.9 Å². The summed E-state index contributed by atoms with van der Waals surface area (Å²) in [6, 6.07) is 2.25. The molecule has 0 aromatic heterocycles. The van der Waals surface area contributed by atoms with Crippen molar-refractivity contribution in [2.45, 2.75) is 76.4 Å². The molecule has 1 aromatic rings. The van der Waals surface area contributed by atoms with Gasteiger partial charge in [0.15, 0.2) is 11.6 Å². The second-order valence-electron chi connectivity index (χ2n) is 11.3. The van der Waals surface area contributed by atoms with Crippen molar-refractivity contribution in [3.63, 3.8) is 0 Å². The van der Waals surface area contributed by atoms with E-state index < -0.39 is 23.6 Å². The van der Waals surface area contributed by atoms with Crippen LogP contribution in [0, 0.1) is 35.4 Å². The summed E-state index contributed by atoms with van der Waals surface area (Å²) < 4.78 is 26.0. The molecular formula is C28H37FN2O6. The Morgan fingerprint density at radius 2 is 1.73 bits per heavy atom. The van der Waals surface area contributed by atoms with Crippen LogP contribution in [0.4, 0.5) is 4.39 Å². The lowest BCUT2D eigenvalue weighted by Crippen LogP contribution is -2.50. The number of aliphatic carboxylic acids is 1. The third-order valence-corrected chi connectivity index (χ3v) is 8.88. The number of carbonyl (C=O) groups is 3. The number of carbonyl (C=O) groups excluding carboxylic acids is 2. The fourth-order valence-corrected chi connectivity index (χ4v) is 6.61. The molecule has 0 saturated heterocycles. The van der Waals surface area contributed by atoms with Gasteiger partial charge >= 0.3 is 5.97 Å². The van der Waals surface area contributed by atoms with Crippen molar-refractivity contribution in [3.8, 4) is 11.5 Å². The highest BCUT2D eigenvalue weighted by Crippen LogP contribution is 2.49. The number of carboxylic acids is 1. The normalized spacial score (nSPS) is 30.5. The summed E-state index contributed by atoms with van der Waals surface area (Å²) in [6.07, 6.45) is 8.06. The van der Waals surface area contributed by atoms with Gasteiger partial charge in [0.2, 0.25) is 5.91 Å². The lowest BCUT2D eigenvalue weighted by Gasteiger charge is -2.31. The number of methoxy groups -OCH3 is 1. The van der Waals surface area contributed by atoms with Crippen molar-refractivity contribution in [2.24, 2.45) is 29.6 Å². The van der Waals surface area contributed by atoms with Crippen LogP contribution in [0.3, 0.4) is 0 Å². The van der Waals surface area contributed by atoms with Crippen LogP contribution < -0.4 is 20.1 Å².